The van der Waals surface area contributed by atoms with Crippen LogP contribution in [0.5, 0.6) is 0 Å². The molecule has 1 aliphatic heterocycles. The zero-order chi connectivity index (χ0) is 9.52. The zero-order valence-electron chi connectivity index (χ0n) is 9.59. The summed E-state index contributed by atoms with van der Waals surface area (Å²) >= 11 is 0. The van der Waals surface area contributed by atoms with Gasteiger partial charge in [0.05, 0.1) is 0 Å². The number of rotatable bonds is 4. The Hall–Kier alpha value is 0.210. The molecule has 0 aliphatic carbocycles. The van der Waals surface area contributed by atoms with Crippen molar-refractivity contribution >= 4 is 12.4 Å². The Balaban J connectivity index is 0.00000169. The average molecular weight is 221 g/mol. The van der Waals surface area contributed by atoms with Gasteiger partial charge in [0, 0.05) is 19.1 Å². The molecule has 3 heteroatoms. The molecule has 0 aromatic rings. The minimum atomic E-state index is 0. The Morgan fingerprint density at radius 3 is 2.14 bits per heavy atom. The molecule has 0 amide bonds. The highest BCUT2D eigenvalue weighted by Crippen LogP contribution is 2.08. The summed E-state index contributed by atoms with van der Waals surface area (Å²) in [6, 6.07) is 0.631. The smallest absolute Gasteiger partial charge is 0.0107 e. The molecule has 1 N–H and O–H groups in total. The van der Waals surface area contributed by atoms with Crippen LogP contribution in [0, 0.1) is 0 Å². The molecule has 0 aromatic carbocycles. The van der Waals surface area contributed by atoms with Crippen LogP contribution >= 0.6 is 12.4 Å². The van der Waals surface area contributed by atoms with Crippen molar-refractivity contribution in [1.82, 2.24) is 10.2 Å². The average Bonchev–Trinajstić information content (AvgIpc) is 2.32. The van der Waals surface area contributed by atoms with Gasteiger partial charge in [-0.05, 0) is 25.9 Å². The summed E-state index contributed by atoms with van der Waals surface area (Å²) in [5.41, 5.74) is 0. The molecule has 0 aromatic heterocycles. The van der Waals surface area contributed by atoms with Gasteiger partial charge in [0.1, 0.15) is 0 Å². The summed E-state index contributed by atoms with van der Waals surface area (Å²) in [5.74, 6) is 0. The van der Waals surface area contributed by atoms with Crippen molar-refractivity contribution < 1.29 is 0 Å². The summed E-state index contributed by atoms with van der Waals surface area (Å²) in [6.07, 6.45) is 5.69. The Kier molecular flexibility index (Phi) is 8.64. The molecule has 1 saturated heterocycles. The number of nitrogens with one attached hydrogen (secondary N) is 1. The van der Waals surface area contributed by atoms with Gasteiger partial charge in [0.15, 0.2) is 0 Å². The molecule has 14 heavy (non-hydrogen) atoms. The van der Waals surface area contributed by atoms with Crippen LogP contribution < -0.4 is 5.32 Å². The first-order valence-electron chi connectivity index (χ1n) is 5.75. The normalized spacial score (nSPS) is 19.1. The Bertz CT molecular complexity index is 120. The van der Waals surface area contributed by atoms with E-state index in [1.54, 1.807) is 0 Å². The van der Waals surface area contributed by atoms with Crippen molar-refractivity contribution in [2.24, 2.45) is 0 Å². The van der Waals surface area contributed by atoms with Crippen LogP contribution in [-0.4, -0.2) is 37.1 Å². The molecule has 1 rings (SSSR count). The third-order valence-electron chi connectivity index (χ3n) is 2.68. The monoisotopic (exact) mass is 220 g/mol. The van der Waals surface area contributed by atoms with Gasteiger partial charge in [-0.3, -0.25) is 0 Å². The molecule has 1 aliphatic rings. The van der Waals surface area contributed by atoms with Crippen LogP contribution in [0.4, 0.5) is 0 Å². The first kappa shape index (κ1) is 14.2. The second kappa shape index (κ2) is 8.51. The lowest BCUT2D eigenvalue weighted by molar-refractivity contribution is 0.281. The molecule has 0 bridgehead atoms. The summed E-state index contributed by atoms with van der Waals surface area (Å²) in [7, 11) is 0. The van der Waals surface area contributed by atoms with E-state index in [2.05, 4.69) is 24.1 Å². The number of hydrogen-bond donors (Lipinski definition) is 1. The SMILES string of the molecule is CC(C)NCCN1CCCCCC1.Cl. The molecule has 0 saturated carbocycles. The van der Waals surface area contributed by atoms with Gasteiger partial charge >= 0.3 is 0 Å². The molecule has 1 fully saturated rings. The van der Waals surface area contributed by atoms with Crippen molar-refractivity contribution in [3.8, 4) is 0 Å². The molecule has 0 atom stereocenters. The maximum absolute atomic E-state index is 3.47. The van der Waals surface area contributed by atoms with Crippen LogP contribution in [0.25, 0.3) is 0 Å². The maximum atomic E-state index is 3.47. The second-order valence-corrected chi connectivity index (χ2v) is 4.36. The minimum absolute atomic E-state index is 0. The van der Waals surface area contributed by atoms with E-state index in [9.17, 15) is 0 Å². The minimum Gasteiger partial charge on any atom is -0.313 e. The highest BCUT2D eigenvalue weighted by molar-refractivity contribution is 5.85. The number of nitrogens with zero attached hydrogens (tertiary/aromatic N) is 1. The van der Waals surface area contributed by atoms with Gasteiger partial charge in [0.25, 0.3) is 0 Å². The lowest BCUT2D eigenvalue weighted by Crippen LogP contribution is -2.35. The van der Waals surface area contributed by atoms with Crippen molar-refractivity contribution in [3.05, 3.63) is 0 Å². The Morgan fingerprint density at radius 2 is 1.64 bits per heavy atom. The summed E-state index contributed by atoms with van der Waals surface area (Å²) in [5, 5.41) is 3.47. The molecule has 86 valence electrons. The lowest BCUT2D eigenvalue weighted by atomic mass is 10.2. The lowest BCUT2D eigenvalue weighted by Gasteiger charge is -2.20. The summed E-state index contributed by atoms with van der Waals surface area (Å²) in [6.45, 7) is 9.44. The van der Waals surface area contributed by atoms with E-state index in [0.29, 0.717) is 6.04 Å². The predicted molar refractivity (Wildman–Crippen MR) is 65.3 cm³/mol. The van der Waals surface area contributed by atoms with E-state index < -0.39 is 0 Å². The van der Waals surface area contributed by atoms with Gasteiger partial charge in [0.2, 0.25) is 0 Å². The second-order valence-electron chi connectivity index (χ2n) is 4.36. The van der Waals surface area contributed by atoms with E-state index in [0.717, 1.165) is 6.54 Å². The van der Waals surface area contributed by atoms with Gasteiger partial charge in [-0.2, -0.15) is 0 Å². The highest BCUT2D eigenvalue weighted by Gasteiger charge is 2.07. The van der Waals surface area contributed by atoms with Gasteiger partial charge in [-0.25, -0.2) is 0 Å². The van der Waals surface area contributed by atoms with Crippen LogP contribution in [0.2, 0.25) is 0 Å². The van der Waals surface area contributed by atoms with E-state index in [1.807, 2.05) is 0 Å². The quantitative estimate of drug-likeness (QED) is 0.782. The third kappa shape index (κ3) is 6.63. The van der Waals surface area contributed by atoms with Crippen LogP contribution in [-0.2, 0) is 0 Å². The predicted octanol–water partition coefficient (Wildman–Crippen LogP) is 2.28. The molecule has 0 spiro atoms. The van der Waals surface area contributed by atoms with E-state index in [4.69, 9.17) is 0 Å². The van der Waals surface area contributed by atoms with Gasteiger partial charge < -0.3 is 10.2 Å². The van der Waals surface area contributed by atoms with Crippen molar-refractivity contribution in [1.29, 1.82) is 0 Å². The van der Waals surface area contributed by atoms with Gasteiger partial charge in [-0.1, -0.05) is 26.7 Å². The first-order chi connectivity index (χ1) is 6.29. The number of likely N-dealkylation sites (tertiary alicyclic amines) is 1. The van der Waals surface area contributed by atoms with Crippen LogP contribution in [0.15, 0.2) is 0 Å². The van der Waals surface area contributed by atoms with Crippen LogP contribution in [0.3, 0.4) is 0 Å². The fourth-order valence-electron chi connectivity index (χ4n) is 1.87. The topological polar surface area (TPSA) is 15.3 Å². The molecule has 1 heterocycles. The summed E-state index contributed by atoms with van der Waals surface area (Å²) in [4.78, 5) is 2.60. The molecular weight excluding hydrogens is 196 g/mol. The third-order valence-corrected chi connectivity index (χ3v) is 2.68. The number of halogens is 1. The molecule has 0 radical (unpaired) electrons. The van der Waals surface area contributed by atoms with Crippen molar-refractivity contribution in [3.63, 3.8) is 0 Å². The Morgan fingerprint density at radius 1 is 1.07 bits per heavy atom. The van der Waals surface area contributed by atoms with Gasteiger partial charge in [-0.15, -0.1) is 12.4 Å². The van der Waals surface area contributed by atoms with E-state index >= 15 is 0 Å². The fraction of sp³-hybridized carbons (Fsp3) is 1.00. The van der Waals surface area contributed by atoms with E-state index in [-0.39, 0.29) is 12.4 Å². The van der Waals surface area contributed by atoms with Crippen LogP contribution in [0.1, 0.15) is 39.5 Å². The molecule has 0 unspecified atom stereocenters. The van der Waals surface area contributed by atoms with Crippen molar-refractivity contribution in [2.45, 2.75) is 45.6 Å². The Labute approximate surface area is 94.8 Å². The fourth-order valence-corrected chi connectivity index (χ4v) is 1.87. The highest BCUT2D eigenvalue weighted by atomic mass is 35.5. The van der Waals surface area contributed by atoms with Crippen molar-refractivity contribution in [2.75, 3.05) is 26.2 Å². The summed E-state index contributed by atoms with van der Waals surface area (Å²) < 4.78 is 0. The standard InChI is InChI=1S/C11H24N2.ClH/c1-11(2)12-7-10-13-8-5-3-4-6-9-13;/h11-12H,3-10H2,1-2H3;1H. The van der Waals surface area contributed by atoms with E-state index in [1.165, 1.54) is 45.3 Å². The molecule has 2 nitrogen and oxygen atoms in total. The zero-order valence-corrected chi connectivity index (χ0v) is 10.4. The first-order valence-corrected chi connectivity index (χ1v) is 5.75. The molecular formula is C11H25ClN2. The number of hydrogen-bond acceptors (Lipinski definition) is 2. The maximum Gasteiger partial charge on any atom is 0.0107 e. The largest absolute Gasteiger partial charge is 0.313 e.